The van der Waals surface area contributed by atoms with Crippen molar-refractivity contribution in [1.29, 1.82) is 0 Å². The molecule has 2 aromatic rings. The first-order valence-electron chi connectivity index (χ1n) is 5.48. The van der Waals surface area contributed by atoms with Gasteiger partial charge in [0, 0.05) is 11.5 Å². The minimum absolute atomic E-state index is 0.142. The highest BCUT2D eigenvalue weighted by Gasteiger charge is 2.24. The Morgan fingerprint density at radius 2 is 2.16 bits per heavy atom. The number of H-pyrrole nitrogens is 1. The summed E-state index contributed by atoms with van der Waals surface area (Å²) in [6, 6.07) is 5.14. The molecule has 0 spiro atoms. The van der Waals surface area contributed by atoms with Gasteiger partial charge in [-0.05, 0) is 34.5 Å². The zero-order valence-electron chi connectivity index (χ0n) is 10.5. The molecule has 0 radical (unpaired) electrons. The van der Waals surface area contributed by atoms with Crippen LogP contribution in [0.15, 0.2) is 33.9 Å². The fraction of sp³-hybridized carbons (Fsp3) is 0.273. The van der Waals surface area contributed by atoms with Crippen LogP contribution in [0.4, 0.5) is 0 Å². The second kappa shape index (κ2) is 5.40. The van der Waals surface area contributed by atoms with E-state index < -0.39 is 10.0 Å². The lowest BCUT2D eigenvalue weighted by molar-refractivity contribution is 0.457. The van der Waals surface area contributed by atoms with Gasteiger partial charge < -0.3 is 0 Å². The van der Waals surface area contributed by atoms with Crippen LogP contribution in [0.3, 0.4) is 0 Å². The molecule has 0 fully saturated rings. The standard InChI is InChI=1S/C11H13BrN4O2S/c1-8-4-3-5-9(11(8)12)19(17,18)16(2)6-10-13-7-14-15-10/h3-5,7H,6H2,1-2H3,(H,13,14,15). The average Bonchev–Trinajstić information content (AvgIpc) is 2.85. The number of aromatic amines is 1. The molecule has 0 aliphatic rings. The number of nitrogens with zero attached hydrogens (tertiary/aromatic N) is 3. The van der Waals surface area contributed by atoms with Crippen LogP contribution in [-0.4, -0.2) is 35.0 Å². The maximum absolute atomic E-state index is 12.5. The topological polar surface area (TPSA) is 79.0 Å². The average molecular weight is 345 g/mol. The van der Waals surface area contributed by atoms with Crippen LogP contribution in [0.25, 0.3) is 0 Å². The Morgan fingerprint density at radius 3 is 2.79 bits per heavy atom. The van der Waals surface area contributed by atoms with E-state index in [4.69, 9.17) is 0 Å². The van der Waals surface area contributed by atoms with Crippen molar-refractivity contribution in [3.8, 4) is 0 Å². The van der Waals surface area contributed by atoms with Crippen LogP contribution in [0.2, 0.25) is 0 Å². The molecule has 1 heterocycles. The number of aromatic nitrogens is 3. The number of benzene rings is 1. The predicted octanol–water partition coefficient (Wildman–Crippen LogP) is 1.70. The summed E-state index contributed by atoms with van der Waals surface area (Å²) in [5.74, 6) is 0.495. The summed E-state index contributed by atoms with van der Waals surface area (Å²) in [5.41, 5.74) is 0.870. The quantitative estimate of drug-likeness (QED) is 0.915. The summed E-state index contributed by atoms with van der Waals surface area (Å²) in [4.78, 5) is 4.16. The largest absolute Gasteiger partial charge is 0.262 e. The van der Waals surface area contributed by atoms with Crippen LogP contribution < -0.4 is 0 Å². The molecule has 19 heavy (non-hydrogen) atoms. The number of aryl methyl sites for hydroxylation is 1. The van der Waals surface area contributed by atoms with E-state index in [0.29, 0.717) is 10.3 Å². The Hall–Kier alpha value is -1.25. The Kier molecular flexibility index (Phi) is 4.02. The number of nitrogens with one attached hydrogen (secondary N) is 1. The number of sulfonamides is 1. The van der Waals surface area contributed by atoms with Crippen molar-refractivity contribution in [2.75, 3.05) is 7.05 Å². The molecule has 0 unspecified atom stereocenters. The SMILES string of the molecule is Cc1cccc(S(=O)(=O)N(C)Cc2ncn[nH]2)c1Br. The number of hydrogen-bond acceptors (Lipinski definition) is 4. The van der Waals surface area contributed by atoms with E-state index in [1.165, 1.54) is 17.7 Å². The third-order valence-corrected chi connectivity index (χ3v) is 5.84. The first-order valence-corrected chi connectivity index (χ1v) is 7.72. The summed E-state index contributed by atoms with van der Waals surface area (Å²) in [6.07, 6.45) is 1.35. The number of hydrogen-bond donors (Lipinski definition) is 1. The van der Waals surface area contributed by atoms with Gasteiger partial charge in [0.1, 0.15) is 12.2 Å². The monoisotopic (exact) mass is 344 g/mol. The molecule has 1 N–H and O–H groups in total. The summed E-state index contributed by atoms with van der Waals surface area (Å²) >= 11 is 3.32. The predicted molar refractivity (Wildman–Crippen MR) is 73.9 cm³/mol. The minimum atomic E-state index is -3.57. The van der Waals surface area contributed by atoms with Crippen molar-refractivity contribution >= 4 is 26.0 Å². The number of halogens is 1. The highest BCUT2D eigenvalue weighted by Crippen LogP contribution is 2.27. The van der Waals surface area contributed by atoms with Gasteiger partial charge in [-0.15, -0.1) is 0 Å². The van der Waals surface area contributed by atoms with Gasteiger partial charge in [-0.1, -0.05) is 12.1 Å². The lowest BCUT2D eigenvalue weighted by Gasteiger charge is -2.17. The van der Waals surface area contributed by atoms with Crippen molar-refractivity contribution in [2.24, 2.45) is 0 Å². The van der Waals surface area contributed by atoms with E-state index >= 15 is 0 Å². The maximum Gasteiger partial charge on any atom is 0.244 e. The molecule has 2 rings (SSSR count). The van der Waals surface area contributed by atoms with Crippen molar-refractivity contribution in [3.05, 3.63) is 40.4 Å². The van der Waals surface area contributed by atoms with Gasteiger partial charge in [0.15, 0.2) is 0 Å². The molecule has 6 nitrogen and oxygen atoms in total. The molecule has 8 heteroatoms. The van der Waals surface area contributed by atoms with Crippen LogP contribution >= 0.6 is 15.9 Å². The van der Waals surface area contributed by atoms with Crippen LogP contribution in [0.5, 0.6) is 0 Å². The molecular weight excluding hydrogens is 332 g/mol. The second-order valence-electron chi connectivity index (χ2n) is 4.08. The zero-order chi connectivity index (χ0) is 14.0. The van der Waals surface area contributed by atoms with E-state index in [9.17, 15) is 8.42 Å². The summed E-state index contributed by atoms with van der Waals surface area (Å²) in [7, 11) is -2.06. The Morgan fingerprint density at radius 1 is 1.42 bits per heavy atom. The summed E-state index contributed by atoms with van der Waals surface area (Å²) in [6.45, 7) is 1.99. The molecular formula is C11H13BrN4O2S. The van der Waals surface area contributed by atoms with Crippen molar-refractivity contribution < 1.29 is 8.42 Å². The van der Waals surface area contributed by atoms with Gasteiger partial charge >= 0.3 is 0 Å². The molecule has 102 valence electrons. The fourth-order valence-electron chi connectivity index (χ4n) is 1.59. The molecule has 0 bridgehead atoms. The van der Waals surface area contributed by atoms with E-state index in [-0.39, 0.29) is 11.4 Å². The molecule has 0 saturated heterocycles. The molecule has 1 aromatic heterocycles. The Bertz CT molecular complexity index is 670. The lowest BCUT2D eigenvalue weighted by Crippen LogP contribution is -2.27. The lowest BCUT2D eigenvalue weighted by atomic mass is 10.2. The normalized spacial score (nSPS) is 12.0. The molecule has 1 aromatic carbocycles. The molecule has 0 atom stereocenters. The van der Waals surface area contributed by atoms with E-state index in [1.54, 1.807) is 12.1 Å². The van der Waals surface area contributed by atoms with Crippen molar-refractivity contribution in [1.82, 2.24) is 19.5 Å². The third-order valence-electron chi connectivity index (χ3n) is 2.68. The van der Waals surface area contributed by atoms with Crippen molar-refractivity contribution in [3.63, 3.8) is 0 Å². The van der Waals surface area contributed by atoms with Gasteiger partial charge in [0.05, 0.1) is 11.4 Å². The van der Waals surface area contributed by atoms with Crippen LogP contribution in [-0.2, 0) is 16.6 Å². The Labute approximate surface area is 120 Å². The Balaban J connectivity index is 2.34. The molecule has 0 amide bonds. The van der Waals surface area contributed by atoms with Gasteiger partial charge in [-0.2, -0.15) is 9.40 Å². The minimum Gasteiger partial charge on any atom is -0.262 e. The van der Waals surface area contributed by atoms with Crippen molar-refractivity contribution in [2.45, 2.75) is 18.4 Å². The van der Waals surface area contributed by atoms with Gasteiger partial charge in [0.2, 0.25) is 10.0 Å². The van der Waals surface area contributed by atoms with Gasteiger partial charge in [0.25, 0.3) is 0 Å². The highest BCUT2D eigenvalue weighted by atomic mass is 79.9. The molecule has 0 saturated carbocycles. The molecule has 0 aliphatic heterocycles. The van der Waals surface area contributed by atoms with Crippen LogP contribution in [0.1, 0.15) is 11.4 Å². The van der Waals surface area contributed by atoms with Gasteiger partial charge in [-0.3, -0.25) is 5.10 Å². The van der Waals surface area contributed by atoms with E-state index in [0.717, 1.165) is 5.56 Å². The summed E-state index contributed by atoms with van der Waals surface area (Å²) in [5, 5.41) is 6.33. The first kappa shape index (κ1) is 14.2. The van der Waals surface area contributed by atoms with Crippen LogP contribution in [0, 0.1) is 6.92 Å². The fourth-order valence-corrected chi connectivity index (χ4v) is 3.73. The summed E-state index contributed by atoms with van der Waals surface area (Å²) < 4.78 is 26.7. The smallest absolute Gasteiger partial charge is 0.244 e. The highest BCUT2D eigenvalue weighted by molar-refractivity contribution is 9.10. The number of rotatable bonds is 4. The third kappa shape index (κ3) is 2.85. The zero-order valence-corrected chi connectivity index (χ0v) is 12.9. The molecule has 0 aliphatic carbocycles. The van der Waals surface area contributed by atoms with Gasteiger partial charge in [-0.25, -0.2) is 13.4 Å². The second-order valence-corrected chi connectivity index (χ2v) is 6.89. The first-order chi connectivity index (χ1) is 8.93. The van der Waals surface area contributed by atoms with E-state index in [1.807, 2.05) is 13.0 Å². The van der Waals surface area contributed by atoms with E-state index in [2.05, 4.69) is 31.1 Å². The maximum atomic E-state index is 12.5.